The molecule has 0 amide bonds. The van der Waals surface area contributed by atoms with Gasteiger partial charge in [0.05, 0.1) is 19.8 Å². The molecule has 3 rings (SSSR count). The Morgan fingerprint density at radius 3 is 2.52 bits per heavy atom. The van der Waals surface area contributed by atoms with E-state index in [1.807, 2.05) is 0 Å². The van der Waals surface area contributed by atoms with E-state index in [1.54, 1.807) is 11.1 Å². The van der Waals surface area contributed by atoms with Gasteiger partial charge in [0.25, 0.3) is 0 Å². The minimum Gasteiger partial charge on any atom is -0.381 e. The Kier molecular flexibility index (Phi) is 7.44. The predicted molar refractivity (Wildman–Crippen MR) is 111 cm³/mol. The zero-order valence-corrected chi connectivity index (χ0v) is 18.4. The molecule has 2 fully saturated rings. The smallest absolute Gasteiger partial charge is 0.0687 e. The zero-order valence-electron chi connectivity index (χ0n) is 18.4. The molecule has 156 valence electrons. The summed E-state index contributed by atoms with van der Waals surface area (Å²) in [6, 6.07) is 0. The highest BCUT2D eigenvalue weighted by Crippen LogP contribution is 2.40. The molecule has 0 N–H and O–H groups in total. The first-order valence-corrected chi connectivity index (χ1v) is 11.3. The average molecular weight is 379 g/mol. The lowest BCUT2D eigenvalue weighted by Crippen LogP contribution is -2.25. The summed E-state index contributed by atoms with van der Waals surface area (Å²) in [5.74, 6) is 3.60. The third kappa shape index (κ3) is 5.16. The molecule has 27 heavy (non-hydrogen) atoms. The number of hydrogen-bond donors (Lipinski definition) is 0. The van der Waals surface area contributed by atoms with E-state index in [0.717, 1.165) is 57.4 Å². The second kappa shape index (κ2) is 9.41. The van der Waals surface area contributed by atoms with Crippen LogP contribution in [0.1, 0.15) is 66.7 Å². The minimum atomic E-state index is 0.375. The van der Waals surface area contributed by atoms with Crippen molar-refractivity contribution >= 4 is 0 Å². The monoisotopic (exact) mass is 378 g/mol. The Hall–Kier alpha value is -0.380. The fourth-order valence-corrected chi connectivity index (χ4v) is 5.30. The molecule has 0 radical (unpaired) electrons. The van der Waals surface area contributed by atoms with Crippen LogP contribution in [-0.2, 0) is 14.2 Å². The highest BCUT2D eigenvalue weighted by molar-refractivity contribution is 5.21. The van der Waals surface area contributed by atoms with Crippen molar-refractivity contribution in [2.45, 2.75) is 66.7 Å². The fraction of sp³-hybridized carbons (Fsp3) is 0.917. The molecule has 3 heteroatoms. The van der Waals surface area contributed by atoms with Crippen LogP contribution in [0, 0.1) is 35.0 Å². The Morgan fingerprint density at radius 1 is 1.00 bits per heavy atom. The predicted octanol–water partition coefficient (Wildman–Crippen LogP) is 5.49. The summed E-state index contributed by atoms with van der Waals surface area (Å²) in [4.78, 5) is 0. The number of hydrogen-bond acceptors (Lipinski definition) is 3. The molecule has 0 saturated carbocycles. The van der Waals surface area contributed by atoms with Gasteiger partial charge in [0.2, 0.25) is 0 Å². The zero-order chi connectivity index (χ0) is 19.4. The molecular formula is C24H42O3. The first-order valence-electron chi connectivity index (χ1n) is 11.3. The summed E-state index contributed by atoms with van der Waals surface area (Å²) in [7, 11) is 0. The molecule has 0 aromatic rings. The summed E-state index contributed by atoms with van der Waals surface area (Å²) in [5, 5.41) is 0. The standard InChI is InChI=1S/C24H42O3/c1-17(2)22-14-26-12-20(22)8-6-18(3)23-15-27-13-21(23)9-7-19(4)24(5)10-11-25-16-24/h17-20,22H,6-16H2,1-5H3. The Labute approximate surface area is 167 Å². The van der Waals surface area contributed by atoms with Crippen LogP contribution in [0.5, 0.6) is 0 Å². The van der Waals surface area contributed by atoms with E-state index in [2.05, 4.69) is 34.6 Å². The first kappa shape index (κ1) is 21.3. The van der Waals surface area contributed by atoms with Gasteiger partial charge in [0.1, 0.15) is 0 Å². The summed E-state index contributed by atoms with van der Waals surface area (Å²) >= 11 is 0. The molecule has 5 atom stereocenters. The normalized spacial score (nSPS) is 34.0. The summed E-state index contributed by atoms with van der Waals surface area (Å²) in [5.41, 5.74) is 3.58. The maximum absolute atomic E-state index is 5.88. The van der Waals surface area contributed by atoms with Gasteiger partial charge in [0.15, 0.2) is 0 Å². The van der Waals surface area contributed by atoms with Gasteiger partial charge in [-0.3, -0.25) is 0 Å². The second-order valence-corrected chi connectivity index (χ2v) is 10.2. The van der Waals surface area contributed by atoms with Crippen molar-refractivity contribution in [2.24, 2.45) is 35.0 Å². The third-order valence-corrected chi connectivity index (χ3v) is 7.98. The van der Waals surface area contributed by atoms with Crippen LogP contribution < -0.4 is 0 Å². The lowest BCUT2D eigenvalue weighted by Gasteiger charge is -2.30. The van der Waals surface area contributed by atoms with Crippen molar-refractivity contribution in [1.29, 1.82) is 0 Å². The Balaban J connectivity index is 1.51. The fourth-order valence-electron chi connectivity index (χ4n) is 5.30. The van der Waals surface area contributed by atoms with Crippen molar-refractivity contribution < 1.29 is 14.2 Å². The van der Waals surface area contributed by atoms with Crippen molar-refractivity contribution in [1.82, 2.24) is 0 Å². The maximum atomic E-state index is 5.88. The number of ether oxygens (including phenoxy) is 3. The van der Waals surface area contributed by atoms with Gasteiger partial charge in [-0.15, -0.1) is 0 Å². The van der Waals surface area contributed by atoms with Gasteiger partial charge in [0, 0.05) is 19.8 Å². The molecule has 2 saturated heterocycles. The van der Waals surface area contributed by atoms with E-state index in [9.17, 15) is 0 Å². The van der Waals surface area contributed by atoms with Crippen LogP contribution in [-0.4, -0.2) is 39.6 Å². The van der Waals surface area contributed by atoms with Gasteiger partial charge in [-0.1, -0.05) is 34.6 Å². The molecule has 0 aromatic heterocycles. The van der Waals surface area contributed by atoms with Crippen LogP contribution in [0.2, 0.25) is 0 Å². The van der Waals surface area contributed by atoms with E-state index in [1.165, 1.54) is 32.1 Å². The second-order valence-electron chi connectivity index (χ2n) is 10.2. The quantitative estimate of drug-likeness (QED) is 0.496. The highest BCUT2D eigenvalue weighted by Gasteiger charge is 2.35. The SMILES string of the molecule is CC(CCC1COCC1C(C)C)C1=C(CCC(C)C2(C)CCOC2)COC1. The molecule has 3 heterocycles. The van der Waals surface area contributed by atoms with Gasteiger partial charge >= 0.3 is 0 Å². The van der Waals surface area contributed by atoms with Crippen molar-refractivity contribution in [3.05, 3.63) is 11.1 Å². The Bertz CT molecular complexity index is 504. The molecule has 3 aliphatic heterocycles. The van der Waals surface area contributed by atoms with E-state index in [0.29, 0.717) is 17.3 Å². The van der Waals surface area contributed by atoms with Crippen molar-refractivity contribution in [3.8, 4) is 0 Å². The van der Waals surface area contributed by atoms with Crippen LogP contribution in [0.25, 0.3) is 0 Å². The summed E-state index contributed by atoms with van der Waals surface area (Å²) < 4.78 is 17.3. The lowest BCUT2D eigenvalue weighted by atomic mass is 9.74. The van der Waals surface area contributed by atoms with Crippen LogP contribution in [0.4, 0.5) is 0 Å². The van der Waals surface area contributed by atoms with E-state index in [-0.39, 0.29) is 0 Å². The average Bonchev–Trinajstić information content (AvgIpc) is 3.38. The highest BCUT2D eigenvalue weighted by atomic mass is 16.5. The van der Waals surface area contributed by atoms with Crippen LogP contribution in [0.15, 0.2) is 11.1 Å². The van der Waals surface area contributed by atoms with Crippen molar-refractivity contribution in [3.63, 3.8) is 0 Å². The molecule has 0 bridgehead atoms. The number of rotatable bonds is 9. The van der Waals surface area contributed by atoms with Gasteiger partial charge in [-0.2, -0.15) is 0 Å². The van der Waals surface area contributed by atoms with E-state index < -0.39 is 0 Å². The minimum absolute atomic E-state index is 0.375. The molecule has 0 spiro atoms. The van der Waals surface area contributed by atoms with Crippen molar-refractivity contribution in [2.75, 3.05) is 39.6 Å². The van der Waals surface area contributed by atoms with Crippen LogP contribution >= 0.6 is 0 Å². The topological polar surface area (TPSA) is 27.7 Å². The molecule has 0 aliphatic carbocycles. The Morgan fingerprint density at radius 2 is 1.81 bits per heavy atom. The summed E-state index contributed by atoms with van der Waals surface area (Å²) in [6.07, 6.45) is 6.26. The third-order valence-electron chi connectivity index (χ3n) is 7.98. The maximum Gasteiger partial charge on any atom is 0.0687 e. The van der Waals surface area contributed by atoms with Crippen LogP contribution in [0.3, 0.4) is 0 Å². The molecular weight excluding hydrogens is 336 g/mol. The van der Waals surface area contributed by atoms with Gasteiger partial charge in [-0.25, -0.2) is 0 Å². The largest absolute Gasteiger partial charge is 0.381 e. The van der Waals surface area contributed by atoms with E-state index in [4.69, 9.17) is 14.2 Å². The molecule has 3 nitrogen and oxygen atoms in total. The van der Waals surface area contributed by atoms with Gasteiger partial charge < -0.3 is 14.2 Å². The van der Waals surface area contributed by atoms with E-state index >= 15 is 0 Å². The summed E-state index contributed by atoms with van der Waals surface area (Å²) in [6.45, 7) is 17.5. The molecule has 3 aliphatic rings. The lowest BCUT2D eigenvalue weighted by molar-refractivity contribution is 0.122. The first-order chi connectivity index (χ1) is 12.9. The molecule has 0 aromatic carbocycles. The van der Waals surface area contributed by atoms with Gasteiger partial charge in [-0.05, 0) is 78.3 Å². The molecule has 5 unspecified atom stereocenters.